The van der Waals surface area contributed by atoms with Gasteiger partial charge in [-0.15, -0.1) is 0 Å². The normalized spacial score (nSPS) is 10.4. The zero-order chi connectivity index (χ0) is 26.4. The molecule has 0 atom stereocenters. The van der Waals surface area contributed by atoms with Crippen molar-refractivity contribution in [1.82, 2.24) is 0 Å². The van der Waals surface area contributed by atoms with Crippen LogP contribution in [0.25, 0.3) is 27.1 Å². The Kier molecular flexibility index (Phi) is 9.95. The molecule has 0 N–H and O–H groups in total. The molecule has 0 aliphatic rings. The summed E-state index contributed by atoms with van der Waals surface area (Å²) in [6, 6.07) is 33.7. The molecule has 0 saturated heterocycles. The number of hydrogen-bond donors (Lipinski definition) is 0. The molecular formula is C34H32N2O2. The highest BCUT2D eigenvalue weighted by molar-refractivity contribution is 5.67. The number of rotatable bonds is 13. The highest BCUT2D eigenvalue weighted by atomic mass is 16.5. The molecule has 4 aromatic rings. The van der Waals surface area contributed by atoms with Crippen molar-refractivity contribution in [2.24, 2.45) is 0 Å². The number of nitrogens with zero attached hydrogens (tertiary/aromatic N) is 2. The second-order valence-corrected chi connectivity index (χ2v) is 9.21. The van der Waals surface area contributed by atoms with Gasteiger partial charge in [0, 0.05) is 0 Å². The molecule has 0 aromatic heterocycles. The van der Waals surface area contributed by atoms with Crippen molar-refractivity contribution < 1.29 is 9.47 Å². The smallest absolute Gasteiger partial charge is 0.187 e. The van der Waals surface area contributed by atoms with Crippen LogP contribution in [0, 0.1) is 17.9 Å². The van der Waals surface area contributed by atoms with E-state index in [0.29, 0.717) is 11.3 Å². The maximum Gasteiger partial charge on any atom is 0.187 e. The maximum absolute atomic E-state index is 8.93. The summed E-state index contributed by atoms with van der Waals surface area (Å²) in [4.78, 5) is 3.44. The largest absolute Gasteiger partial charge is 0.494 e. The van der Waals surface area contributed by atoms with Gasteiger partial charge in [-0.2, -0.15) is 5.26 Å². The van der Waals surface area contributed by atoms with E-state index in [1.165, 1.54) is 25.7 Å². The van der Waals surface area contributed by atoms with Gasteiger partial charge < -0.3 is 9.47 Å². The molecule has 4 rings (SSSR count). The Morgan fingerprint density at radius 3 is 1.29 bits per heavy atom. The topological polar surface area (TPSA) is 46.6 Å². The minimum Gasteiger partial charge on any atom is -0.494 e. The highest BCUT2D eigenvalue weighted by Crippen LogP contribution is 2.25. The monoisotopic (exact) mass is 500 g/mol. The zero-order valence-corrected chi connectivity index (χ0v) is 21.6. The average Bonchev–Trinajstić information content (AvgIpc) is 2.99. The molecule has 4 aromatic carbocycles. The molecule has 0 radical (unpaired) electrons. The van der Waals surface area contributed by atoms with Crippen LogP contribution in [0.4, 0.5) is 5.69 Å². The van der Waals surface area contributed by atoms with E-state index in [0.717, 1.165) is 59.8 Å². The molecule has 0 aliphatic heterocycles. The fourth-order valence-electron chi connectivity index (χ4n) is 4.24. The van der Waals surface area contributed by atoms with E-state index in [1.54, 1.807) is 0 Å². The van der Waals surface area contributed by atoms with Crippen molar-refractivity contribution in [2.75, 3.05) is 13.2 Å². The first-order valence-electron chi connectivity index (χ1n) is 13.2. The molecular weight excluding hydrogens is 468 g/mol. The van der Waals surface area contributed by atoms with Crippen LogP contribution in [0.1, 0.15) is 44.1 Å². The van der Waals surface area contributed by atoms with E-state index >= 15 is 0 Å². The summed E-state index contributed by atoms with van der Waals surface area (Å²) in [6.45, 7) is 8.53. The second-order valence-electron chi connectivity index (χ2n) is 9.21. The first-order valence-corrected chi connectivity index (χ1v) is 13.2. The lowest BCUT2D eigenvalue weighted by molar-refractivity contribution is 0.297. The van der Waals surface area contributed by atoms with Crippen LogP contribution >= 0.6 is 0 Å². The summed E-state index contributed by atoms with van der Waals surface area (Å²) in [5, 5.41) is 8.93. The van der Waals surface area contributed by atoms with Crippen molar-refractivity contribution in [3.8, 4) is 39.8 Å². The molecule has 0 amide bonds. The van der Waals surface area contributed by atoms with Gasteiger partial charge in [-0.1, -0.05) is 86.3 Å². The van der Waals surface area contributed by atoms with Gasteiger partial charge in [-0.05, 0) is 71.5 Å². The molecule has 38 heavy (non-hydrogen) atoms. The SMILES string of the molecule is [C-]#[N+]c1ccc(-c2ccc(OCCCCCCCCOc3ccc(-c4ccc(C#N)cc4)cc3)cc2)cc1. The Morgan fingerprint density at radius 2 is 0.895 bits per heavy atom. The van der Waals surface area contributed by atoms with Gasteiger partial charge in [0.15, 0.2) is 5.69 Å². The first kappa shape index (κ1) is 26.5. The molecule has 0 saturated carbocycles. The summed E-state index contributed by atoms with van der Waals surface area (Å²) in [6.07, 6.45) is 6.87. The van der Waals surface area contributed by atoms with Crippen molar-refractivity contribution in [2.45, 2.75) is 38.5 Å². The average molecular weight is 501 g/mol. The van der Waals surface area contributed by atoms with E-state index < -0.39 is 0 Å². The van der Waals surface area contributed by atoms with E-state index in [4.69, 9.17) is 21.3 Å². The summed E-state index contributed by atoms with van der Waals surface area (Å²) in [5.74, 6) is 1.79. The summed E-state index contributed by atoms with van der Waals surface area (Å²) >= 11 is 0. The number of ether oxygens (including phenoxy) is 2. The second kappa shape index (κ2) is 14.3. The fraction of sp³-hybridized carbons (Fsp3) is 0.235. The minimum atomic E-state index is 0.658. The Hall–Kier alpha value is -4.54. The Balaban J connectivity index is 1.04. The van der Waals surface area contributed by atoms with Crippen LogP contribution in [0.15, 0.2) is 97.1 Å². The Morgan fingerprint density at radius 1 is 0.526 bits per heavy atom. The van der Waals surface area contributed by atoms with E-state index in [9.17, 15) is 0 Å². The summed E-state index contributed by atoms with van der Waals surface area (Å²) < 4.78 is 11.8. The molecule has 0 fully saturated rings. The lowest BCUT2D eigenvalue weighted by atomic mass is 10.0. The van der Waals surface area contributed by atoms with Crippen molar-refractivity contribution in [3.63, 3.8) is 0 Å². The van der Waals surface area contributed by atoms with Crippen molar-refractivity contribution >= 4 is 5.69 Å². The minimum absolute atomic E-state index is 0.658. The van der Waals surface area contributed by atoms with Crippen molar-refractivity contribution in [3.05, 3.63) is 114 Å². The van der Waals surface area contributed by atoms with Crippen LogP contribution in [0.5, 0.6) is 11.5 Å². The predicted molar refractivity (Wildman–Crippen MR) is 153 cm³/mol. The number of unbranched alkanes of at least 4 members (excludes halogenated alkanes) is 5. The molecule has 4 heteroatoms. The van der Waals surface area contributed by atoms with Gasteiger partial charge in [0.1, 0.15) is 11.5 Å². The van der Waals surface area contributed by atoms with Gasteiger partial charge in [0.05, 0.1) is 31.4 Å². The fourth-order valence-corrected chi connectivity index (χ4v) is 4.24. The van der Waals surface area contributed by atoms with E-state index in [1.807, 2.05) is 72.8 Å². The number of nitriles is 1. The van der Waals surface area contributed by atoms with Gasteiger partial charge in [0.25, 0.3) is 0 Å². The predicted octanol–water partition coefficient (Wildman–Crippen LogP) is 9.24. The maximum atomic E-state index is 8.93. The Labute approximate surface area is 225 Å². The van der Waals surface area contributed by atoms with Gasteiger partial charge in [-0.3, -0.25) is 0 Å². The molecule has 190 valence electrons. The quantitative estimate of drug-likeness (QED) is 0.136. The first-order chi connectivity index (χ1) is 18.7. The van der Waals surface area contributed by atoms with Crippen LogP contribution in [-0.4, -0.2) is 13.2 Å². The third-order valence-corrected chi connectivity index (χ3v) is 6.46. The van der Waals surface area contributed by atoms with E-state index in [-0.39, 0.29) is 0 Å². The highest BCUT2D eigenvalue weighted by Gasteiger charge is 2.02. The van der Waals surface area contributed by atoms with Gasteiger partial charge in [-0.25, -0.2) is 4.85 Å². The lowest BCUT2D eigenvalue weighted by Crippen LogP contribution is -1.98. The Bertz CT molecular complexity index is 1240. The number of hydrogen-bond acceptors (Lipinski definition) is 3. The van der Waals surface area contributed by atoms with Gasteiger partial charge >= 0.3 is 0 Å². The standard InChI is InChI=1S/C34H32N2O2/c1-36-32-18-12-29(13-19-32)31-16-22-34(23-17-31)38-25-7-5-3-2-4-6-24-37-33-20-14-30(15-21-33)28-10-8-27(26-35)9-11-28/h8-23H,2-7,24-25H2. The van der Waals surface area contributed by atoms with Crippen LogP contribution in [0.3, 0.4) is 0 Å². The zero-order valence-electron chi connectivity index (χ0n) is 21.6. The molecule has 0 unspecified atom stereocenters. The third-order valence-electron chi connectivity index (χ3n) is 6.46. The lowest BCUT2D eigenvalue weighted by Gasteiger charge is -2.09. The van der Waals surface area contributed by atoms with Crippen LogP contribution in [0.2, 0.25) is 0 Å². The van der Waals surface area contributed by atoms with E-state index in [2.05, 4.69) is 35.2 Å². The summed E-state index contributed by atoms with van der Waals surface area (Å²) in [7, 11) is 0. The molecule has 0 aliphatic carbocycles. The number of benzene rings is 4. The molecule has 0 spiro atoms. The molecule has 0 bridgehead atoms. The van der Waals surface area contributed by atoms with Crippen LogP contribution < -0.4 is 9.47 Å². The summed E-state index contributed by atoms with van der Waals surface area (Å²) in [5.41, 5.74) is 5.77. The molecule has 0 heterocycles. The van der Waals surface area contributed by atoms with Gasteiger partial charge in [0.2, 0.25) is 0 Å². The van der Waals surface area contributed by atoms with Crippen molar-refractivity contribution in [1.29, 1.82) is 5.26 Å². The molecule has 4 nitrogen and oxygen atoms in total. The third kappa shape index (κ3) is 7.99. The van der Waals surface area contributed by atoms with Crippen LogP contribution in [-0.2, 0) is 0 Å².